The van der Waals surface area contributed by atoms with Gasteiger partial charge in [0.1, 0.15) is 19.1 Å². The van der Waals surface area contributed by atoms with Gasteiger partial charge in [-0.2, -0.15) is 4.89 Å². The van der Waals surface area contributed by atoms with Crippen molar-refractivity contribution in [2.45, 2.75) is 26.1 Å². The third kappa shape index (κ3) is 8.11. The minimum Gasteiger partial charge on any atom is -0.461 e. The molecular weight excluding hydrogens is 367 g/mol. The molecule has 2 aromatic rings. The molecule has 142 valence electrons. The van der Waals surface area contributed by atoms with Crippen molar-refractivity contribution >= 4 is 20.0 Å². The molecule has 2 aromatic carbocycles. The second-order valence-electron chi connectivity index (χ2n) is 6.01. The van der Waals surface area contributed by atoms with Crippen molar-refractivity contribution in [3.8, 4) is 0 Å². The maximum absolute atomic E-state index is 12.2. The fourth-order valence-corrected chi connectivity index (χ4v) is 3.13. The predicted octanol–water partition coefficient (Wildman–Crippen LogP) is 3.60. The van der Waals surface area contributed by atoms with Crippen LogP contribution in [0.3, 0.4) is 0 Å². The Bertz CT molecular complexity index is 748. The summed E-state index contributed by atoms with van der Waals surface area (Å²) >= 11 is 0. The third-order valence-electron chi connectivity index (χ3n) is 3.87. The van der Waals surface area contributed by atoms with E-state index in [2.05, 4.69) is 0 Å². The van der Waals surface area contributed by atoms with Crippen molar-refractivity contribution in [1.82, 2.24) is 0 Å². The highest BCUT2D eigenvalue weighted by atomic mass is 31.1. The lowest BCUT2D eigenvalue weighted by Crippen LogP contribution is -2.21. The van der Waals surface area contributed by atoms with Crippen molar-refractivity contribution in [3.05, 3.63) is 71.8 Å². The standard InChI is InChI=1S/C20H21O6P/c21-19(25-13-16-7-3-1-4-8-16)12-11-18(15-27(23)24)20(22)26-14-17-9-5-2-6-10-17/h1-10,18H,11-15H2/p+1. The molecule has 2 unspecified atom stereocenters. The van der Waals surface area contributed by atoms with Crippen LogP contribution in [0.15, 0.2) is 60.7 Å². The first-order valence-corrected chi connectivity index (χ1v) is 9.98. The summed E-state index contributed by atoms with van der Waals surface area (Å²) in [6.07, 6.45) is -0.168. The molecule has 7 heteroatoms. The molecule has 2 rings (SSSR count). The van der Waals surface area contributed by atoms with E-state index < -0.39 is 25.9 Å². The fraction of sp³-hybridized carbons (Fsp3) is 0.300. The molecule has 2 atom stereocenters. The average molecular weight is 389 g/mol. The summed E-state index contributed by atoms with van der Waals surface area (Å²) in [5.41, 5.74) is 1.68. The van der Waals surface area contributed by atoms with Crippen molar-refractivity contribution < 1.29 is 28.5 Å². The Kier molecular flexibility index (Phi) is 8.62. The van der Waals surface area contributed by atoms with E-state index in [-0.39, 0.29) is 32.2 Å². The van der Waals surface area contributed by atoms with Gasteiger partial charge in [0, 0.05) is 6.42 Å². The molecule has 0 heterocycles. The molecule has 6 nitrogen and oxygen atoms in total. The van der Waals surface area contributed by atoms with E-state index in [1.54, 1.807) is 0 Å². The zero-order valence-electron chi connectivity index (χ0n) is 14.8. The Morgan fingerprint density at radius 1 is 0.889 bits per heavy atom. The van der Waals surface area contributed by atoms with Crippen LogP contribution in [0, 0.1) is 5.92 Å². The minimum absolute atomic E-state index is 0.0267. The summed E-state index contributed by atoms with van der Waals surface area (Å²) in [6, 6.07) is 18.4. The van der Waals surface area contributed by atoms with Crippen LogP contribution in [0.4, 0.5) is 0 Å². The van der Waals surface area contributed by atoms with Crippen molar-refractivity contribution in [3.63, 3.8) is 0 Å². The first-order chi connectivity index (χ1) is 13.0. The monoisotopic (exact) mass is 389 g/mol. The first-order valence-electron chi connectivity index (χ1n) is 8.58. The van der Waals surface area contributed by atoms with Gasteiger partial charge < -0.3 is 9.47 Å². The van der Waals surface area contributed by atoms with Gasteiger partial charge in [-0.05, 0) is 22.1 Å². The quantitative estimate of drug-likeness (QED) is 0.493. The average Bonchev–Trinajstić information content (AvgIpc) is 2.69. The summed E-state index contributed by atoms with van der Waals surface area (Å²) in [6.45, 7) is 0.230. The highest BCUT2D eigenvalue weighted by Gasteiger charge is 2.30. The molecule has 0 saturated heterocycles. The van der Waals surface area contributed by atoms with Crippen LogP contribution < -0.4 is 0 Å². The zero-order chi connectivity index (χ0) is 19.5. The minimum atomic E-state index is -2.52. The van der Waals surface area contributed by atoms with E-state index >= 15 is 0 Å². The molecule has 0 aromatic heterocycles. The Hall–Kier alpha value is -2.56. The molecule has 0 saturated carbocycles. The summed E-state index contributed by atoms with van der Waals surface area (Å²) < 4.78 is 21.6. The smallest absolute Gasteiger partial charge is 0.461 e. The second kappa shape index (κ2) is 11.2. The van der Waals surface area contributed by atoms with Crippen LogP contribution in [-0.2, 0) is 36.8 Å². The van der Waals surface area contributed by atoms with Gasteiger partial charge in [0.15, 0.2) is 6.16 Å². The Balaban J connectivity index is 1.81. The van der Waals surface area contributed by atoms with E-state index in [9.17, 15) is 14.2 Å². The van der Waals surface area contributed by atoms with Crippen molar-refractivity contribution in [1.29, 1.82) is 0 Å². The Morgan fingerprint density at radius 2 is 1.41 bits per heavy atom. The van der Waals surface area contributed by atoms with Crippen LogP contribution in [0.2, 0.25) is 0 Å². The number of carbonyl (C=O) groups is 2. The maximum atomic E-state index is 12.2. The Morgan fingerprint density at radius 3 is 1.93 bits per heavy atom. The largest absolute Gasteiger partial charge is 0.506 e. The third-order valence-corrected chi connectivity index (χ3v) is 4.63. The first kappa shape index (κ1) is 20.7. The van der Waals surface area contributed by atoms with Gasteiger partial charge in [-0.3, -0.25) is 9.59 Å². The van der Waals surface area contributed by atoms with Crippen LogP contribution >= 0.6 is 8.03 Å². The highest BCUT2D eigenvalue weighted by Crippen LogP contribution is 2.23. The van der Waals surface area contributed by atoms with E-state index in [4.69, 9.17) is 14.4 Å². The molecule has 0 aliphatic rings. The van der Waals surface area contributed by atoms with Crippen LogP contribution in [-0.4, -0.2) is 23.0 Å². The number of hydrogen-bond acceptors (Lipinski definition) is 5. The number of benzene rings is 2. The SMILES string of the molecule is O=C(CCC(C[P+](=O)O)C(=O)OCc1ccccc1)OCc1ccccc1. The van der Waals surface area contributed by atoms with E-state index in [1.165, 1.54) is 0 Å². The molecule has 0 spiro atoms. The van der Waals surface area contributed by atoms with Gasteiger partial charge in [-0.1, -0.05) is 60.7 Å². The fourth-order valence-electron chi connectivity index (χ4n) is 2.42. The molecule has 0 aliphatic carbocycles. The summed E-state index contributed by atoms with van der Waals surface area (Å²) in [4.78, 5) is 33.3. The molecule has 1 N–H and O–H groups in total. The molecule has 0 aliphatic heterocycles. The number of ether oxygens (including phenoxy) is 2. The van der Waals surface area contributed by atoms with E-state index in [1.807, 2.05) is 60.7 Å². The lowest BCUT2D eigenvalue weighted by atomic mass is 10.1. The van der Waals surface area contributed by atoms with Crippen molar-refractivity contribution in [2.24, 2.45) is 5.92 Å². The normalized spacial score (nSPS) is 12.1. The van der Waals surface area contributed by atoms with Gasteiger partial charge in [-0.15, -0.1) is 0 Å². The molecular formula is C20H22O6P+. The molecule has 0 fully saturated rings. The predicted molar refractivity (Wildman–Crippen MR) is 99.9 cm³/mol. The number of rotatable bonds is 10. The van der Waals surface area contributed by atoms with Gasteiger partial charge in [-0.25, -0.2) is 0 Å². The maximum Gasteiger partial charge on any atom is 0.506 e. The van der Waals surface area contributed by atoms with Crippen LogP contribution in [0.1, 0.15) is 24.0 Å². The summed E-state index contributed by atoms with van der Waals surface area (Å²) in [5.74, 6) is -1.88. The lowest BCUT2D eigenvalue weighted by Gasteiger charge is -2.12. The molecule has 0 radical (unpaired) electrons. The Labute approximate surface area is 159 Å². The number of hydrogen-bond donors (Lipinski definition) is 1. The van der Waals surface area contributed by atoms with Gasteiger partial charge in [0.25, 0.3) is 0 Å². The van der Waals surface area contributed by atoms with E-state index in [0.717, 1.165) is 11.1 Å². The topological polar surface area (TPSA) is 89.9 Å². The van der Waals surface area contributed by atoms with Gasteiger partial charge in [0.05, 0.1) is 0 Å². The van der Waals surface area contributed by atoms with Crippen LogP contribution in [0.25, 0.3) is 0 Å². The molecule has 27 heavy (non-hydrogen) atoms. The number of esters is 2. The second-order valence-corrected chi connectivity index (χ2v) is 7.08. The zero-order valence-corrected chi connectivity index (χ0v) is 15.7. The molecule has 0 amide bonds. The van der Waals surface area contributed by atoms with Crippen molar-refractivity contribution in [2.75, 3.05) is 6.16 Å². The summed E-state index contributed by atoms with van der Waals surface area (Å²) in [5, 5.41) is 0. The van der Waals surface area contributed by atoms with E-state index in [0.29, 0.717) is 0 Å². The lowest BCUT2D eigenvalue weighted by molar-refractivity contribution is -0.150. The summed E-state index contributed by atoms with van der Waals surface area (Å²) in [7, 11) is -2.52. The van der Waals surface area contributed by atoms with Crippen LogP contribution in [0.5, 0.6) is 0 Å². The van der Waals surface area contributed by atoms with Gasteiger partial charge >= 0.3 is 20.0 Å². The highest BCUT2D eigenvalue weighted by molar-refractivity contribution is 7.38. The molecule has 0 bridgehead atoms. The van der Waals surface area contributed by atoms with Gasteiger partial charge in [0.2, 0.25) is 0 Å². The number of carbonyl (C=O) groups excluding carboxylic acids is 2.